The molecular formula is C16H24N2O4. The SMILES string of the molecule is Cc1nc(C)c(C(=O)N2CCCCC2C(=O)OC(C)(C)C)o1. The predicted molar refractivity (Wildman–Crippen MR) is 80.5 cm³/mol. The molecule has 1 fully saturated rings. The Kier molecular flexibility index (Phi) is 4.58. The highest BCUT2D eigenvalue weighted by Gasteiger charge is 2.37. The zero-order valence-corrected chi connectivity index (χ0v) is 13.9. The molecule has 2 heterocycles. The largest absolute Gasteiger partial charge is 0.458 e. The molecule has 22 heavy (non-hydrogen) atoms. The van der Waals surface area contributed by atoms with E-state index in [1.54, 1.807) is 18.7 Å². The minimum Gasteiger partial charge on any atom is -0.458 e. The van der Waals surface area contributed by atoms with Crippen molar-refractivity contribution in [2.75, 3.05) is 6.54 Å². The Labute approximate surface area is 130 Å². The molecule has 1 saturated heterocycles. The molecule has 6 nitrogen and oxygen atoms in total. The number of rotatable bonds is 2. The first kappa shape index (κ1) is 16.5. The summed E-state index contributed by atoms with van der Waals surface area (Å²) in [5, 5.41) is 0. The van der Waals surface area contributed by atoms with Gasteiger partial charge in [-0.3, -0.25) is 4.79 Å². The molecule has 2 rings (SSSR count). The topological polar surface area (TPSA) is 72.6 Å². The van der Waals surface area contributed by atoms with Gasteiger partial charge in [0.05, 0.1) is 5.69 Å². The Bertz CT molecular complexity index is 571. The molecule has 1 aromatic rings. The second-order valence-corrected chi connectivity index (χ2v) is 6.69. The van der Waals surface area contributed by atoms with Gasteiger partial charge in [-0.05, 0) is 47.0 Å². The molecule has 1 amide bonds. The highest BCUT2D eigenvalue weighted by atomic mass is 16.6. The molecule has 0 aliphatic carbocycles. The number of nitrogens with zero attached hydrogens (tertiary/aromatic N) is 2. The average Bonchev–Trinajstić information content (AvgIpc) is 2.75. The minimum absolute atomic E-state index is 0.216. The Morgan fingerprint density at radius 2 is 1.95 bits per heavy atom. The lowest BCUT2D eigenvalue weighted by Gasteiger charge is -2.35. The number of amides is 1. The zero-order chi connectivity index (χ0) is 16.5. The molecule has 1 unspecified atom stereocenters. The van der Waals surface area contributed by atoms with Gasteiger partial charge in [0, 0.05) is 13.5 Å². The lowest BCUT2D eigenvalue weighted by Crippen LogP contribution is -2.50. The monoisotopic (exact) mass is 308 g/mol. The molecule has 0 bridgehead atoms. The third kappa shape index (κ3) is 3.67. The number of likely N-dealkylation sites (tertiary alicyclic amines) is 1. The van der Waals surface area contributed by atoms with Crippen molar-refractivity contribution in [3.05, 3.63) is 17.3 Å². The van der Waals surface area contributed by atoms with Crippen molar-refractivity contribution in [1.29, 1.82) is 0 Å². The molecular weight excluding hydrogens is 284 g/mol. The Morgan fingerprint density at radius 1 is 1.27 bits per heavy atom. The maximum absolute atomic E-state index is 12.7. The van der Waals surface area contributed by atoms with Crippen molar-refractivity contribution in [3.8, 4) is 0 Å². The van der Waals surface area contributed by atoms with Crippen molar-refractivity contribution in [2.45, 2.75) is 65.5 Å². The third-order valence-corrected chi connectivity index (χ3v) is 3.54. The molecule has 0 radical (unpaired) electrons. The first-order valence-corrected chi connectivity index (χ1v) is 7.67. The van der Waals surface area contributed by atoms with Crippen LogP contribution in [0.15, 0.2) is 4.42 Å². The highest BCUT2D eigenvalue weighted by Crippen LogP contribution is 2.24. The van der Waals surface area contributed by atoms with E-state index >= 15 is 0 Å². The number of carbonyl (C=O) groups excluding carboxylic acids is 2. The number of piperidine rings is 1. The summed E-state index contributed by atoms with van der Waals surface area (Å²) < 4.78 is 10.9. The molecule has 0 saturated carbocycles. The van der Waals surface area contributed by atoms with E-state index in [4.69, 9.17) is 9.15 Å². The number of oxazole rings is 1. The molecule has 1 aliphatic rings. The molecule has 0 aromatic carbocycles. The summed E-state index contributed by atoms with van der Waals surface area (Å²) >= 11 is 0. The fourth-order valence-electron chi connectivity index (χ4n) is 2.65. The number of esters is 1. The number of hydrogen-bond donors (Lipinski definition) is 0. The van der Waals surface area contributed by atoms with E-state index in [0.717, 1.165) is 12.8 Å². The average molecular weight is 308 g/mol. The number of ether oxygens (including phenoxy) is 1. The molecule has 1 atom stereocenters. The first-order valence-electron chi connectivity index (χ1n) is 7.67. The van der Waals surface area contributed by atoms with Crippen molar-refractivity contribution >= 4 is 11.9 Å². The van der Waals surface area contributed by atoms with Crippen molar-refractivity contribution < 1.29 is 18.7 Å². The maximum atomic E-state index is 12.7. The lowest BCUT2D eigenvalue weighted by molar-refractivity contribution is -0.161. The van der Waals surface area contributed by atoms with E-state index in [9.17, 15) is 9.59 Å². The summed E-state index contributed by atoms with van der Waals surface area (Å²) in [5.41, 5.74) is -0.0156. The van der Waals surface area contributed by atoms with E-state index in [-0.39, 0.29) is 17.6 Å². The van der Waals surface area contributed by atoms with Crippen LogP contribution in [0.4, 0.5) is 0 Å². The number of aromatic nitrogens is 1. The van der Waals surface area contributed by atoms with Crippen molar-refractivity contribution in [2.24, 2.45) is 0 Å². The predicted octanol–water partition coefficient (Wildman–Crippen LogP) is 2.63. The van der Waals surface area contributed by atoms with Gasteiger partial charge in [0.15, 0.2) is 5.89 Å². The third-order valence-electron chi connectivity index (χ3n) is 3.54. The van der Waals surface area contributed by atoms with Crippen LogP contribution in [-0.2, 0) is 9.53 Å². The van der Waals surface area contributed by atoms with Gasteiger partial charge in [-0.15, -0.1) is 0 Å². The molecule has 0 N–H and O–H groups in total. The number of carbonyl (C=O) groups is 2. The first-order chi connectivity index (χ1) is 10.2. The number of aryl methyl sites for hydroxylation is 2. The molecule has 6 heteroatoms. The van der Waals surface area contributed by atoms with Gasteiger partial charge in [-0.25, -0.2) is 9.78 Å². The summed E-state index contributed by atoms with van der Waals surface area (Å²) in [5.74, 6) is 0.0303. The fraction of sp³-hybridized carbons (Fsp3) is 0.688. The van der Waals surface area contributed by atoms with Crippen molar-refractivity contribution in [1.82, 2.24) is 9.88 Å². The van der Waals surface area contributed by atoms with Gasteiger partial charge >= 0.3 is 5.97 Å². The normalized spacial score (nSPS) is 19.1. The van der Waals surface area contributed by atoms with Crippen molar-refractivity contribution in [3.63, 3.8) is 0 Å². The zero-order valence-electron chi connectivity index (χ0n) is 13.9. The number of hydrogen-bond acceptors (Lipinski definition) is 5. The molecule has 0 spiro atoms. The van der Waals surface area contributed by atoms with Gasteiger partial charge in [-0.1, -0.05) is 0 Å². The van der Waals surface area contributed by atoms with E-state index in [1.807, 2.05) is 20.8 Å². The summed E-state index contributed by atoms with van der Waals surface area (Å²) in [4.78, 5) is 30.8. The second-order valence-electron chi connectivity index (χ2n) is 6.69. The molecule has 1 aliphatic heterocycles. The highest BCUT2D eigenvalue weighted by molar-refractivity contribution is 5.95. The summed E-state index contributed by atoms with van der Waals surface area (Å²) in [6.07, 6.45) is 2.39. The Balaban J connectivity index is 2.21. The van der Waals surface area contributed by atoms with Crippen LogP contribution >= 0.6 is 0 Å². The van der Waals surface area contributed by atoms with E-state index in [0.29, 0.717) is 24.6 Å². The van der Waals surface area contributed by atoms with E-state index in [1.165, 1.54) is 0 Å². The molecule has 122 valence electrons. The van der Waals surface area contributed by atoms with Crippen LogP contribution in [0, 0.1) is 13.8 Å². The van der Waals surface area contributed by atoms with Crippen LogP contribution < -0.4 is 0 Å². The van der Waals surface area contributed by atoms with Crippen LogP contribution in [0.3, 0.4) is 0 Å². The van der Waals surface area contributed by atoms with Gasteiger partial charge in [0.25, 0.3) is 5.91 Å². The van der Waals surface area contributed by atoms with Crippen LogP contribution in [0.25, 0.3) is 0 Å². The lowest BCUT2D eigenvalue weighted by atomic mass is 10.0. The minimum atomic E-state index is -0.567. The quantitative estimate of drug-likeness (QED) is 0.785. The van der Waals surface area contributed by atoms with Crippen LogP contribution in [0.2, 0.25) is 0 Å². The van der Waals surface area contributed by atoms with Gasteiger partial charge in [0.2, 0.25) is 5.76 Å². The van der Waals surface area contributed by atoms with Crippen LogP contribution in [-0.4, -0.2) is 39.9 Å². The van der Waals surface area contributed by atoms with Gasteiger partial charge in [0.1, 0.15) is 11.6 Å². The second kappa shape index (κ2) is 6.10. The van der Waals surface area contributed by atoms with Crippen LogP contribution in [0.1, 0.15) is 62.2 Å². The Morgan fingerprint density at radius 3 is 2.50 bits per heavy atom. The fourth-order valence-corrected chi connectivity index (χ4v) is 2.65. The van der Waals surface area contributed by atoms with E-state index < -0.39 is 11.6 Å². The summed E-state index contributed by atoms with van der Waals surface area (Å²) in [7, 11) is 0. The summed E-state index contributed by atoms with van der Waals surface area (Å²) in [6, 6.07) is -0.551. The van der Waals surface area contributed by atoms with E-state index in [2.05, 4.69) is 4.98 Å². The Hall–Kier alpha value is -1.85. The summed E-state index contributed by atoms with van der Waals surface area (Å²) in [6.45, 7) is 9.43. The maximum Gasteiger partial charge on any atom is 0.329 e. The van der Waals surface area contributed by atoms with Crippen LogP contribution in [0.5, 0.6) is 0 Å². The van der Waals surface area contributed by atoms with Gasteiger partial charge in [-0.2, -0.15) is 0 Å². The molecule has 1 aromatic heterocycles. The standard InChI is InChI=1S/C16H24N2O4/c1-10-13(21-11(2)17-10)14(19)18-9-7-6-8-12(18)15(20)22-16(3,4)5/h12H,6-9H2,1-5H3. The smallest absolute Gasteiger partial charge is 0.329 e. The van der Waals surface area contributed by atoms with Gasteiger partial charge < -0.3 is 14.1 Å².